The van der Waals surface area contributed by atoms with Gasteiger partial charge in [-0.25, -0.2) is 0 Å². The second-order valence-corrected chi connectivity index (χ2v) is 6.29. The van der Waals surface area contributed by atoms with Crippen molar-refractivity contribution in [2.45, 2.75) is 26.4 Å². The van der Waals surface area contributed by atoms with E-state index in [4.69, 9.17) is 4.74 Å². The van der Waals surface area contributed by atoms with Crippen LogP contribution in [0.3, 0.4) is 0 Å². The van der Waals surface area contributed by atoms with Crippen LogP contribution in [0.25, 0.3) is 9.65 Å². The van der Waals surface area contributed by atoms with Gasteiger partial charge in [-0.05, 0) is 0 Å². The minimum absolute atomic E-state index is 0.113. The minimum atomic E-state index is -0.113. The van der Waals surface area contributed by atoms with Gasteiger partial charge in [-0.1, -0.05) is 0 Å². The van der Waals surface area contributed by atoms with Crippen LogP contribution < -0.4 is 4.74 Å². The second kappa shape index (κ2) is 3.45. The van der Waals surface area contributed by atoms with Crippen LogP contribution in [0.15, 0.2) is 29.2 Å². The van der Waals surface area contributed by atoms with Gasteiger partial charge in [-0.2, -0.15) is 0 Å². The Balaban J connectivity index is 2.46. The van der Waals surface area contributed by atoms with Crippen LogP contribution in [-0.4, -0.2) is 20.1 Å². The summed E-state index contributed by atoms with van der Waals surface area (Å²) in [5.74, 6) is 1.02. The van der Waals surface area contributed by atoms with Crippen LogP contribution in [0.5, 0.6) is 5.75 Å². The number of benzene rings is 1. The van der Waals surface area contributed by atoms with Crippen LogP contribution in [0.4, 0.5) is 0 Å². The normalized spacial score (nSPS) is 11.9. The molecule has 1 heterocycles. The molecule has 0 fully saturated rings. The van der Waals surface area contributed by atoms with Gasteiger partial charge >= 0.3 is 90.2 Å². The van der Waals surface area contributed by atoms with Gasteiger partial charge in [0.15, 0.2) is 0 Å². The molecule has 0 bridgehead atoms. The first-order valence-corrected chi connectivity index (χ1v) is 6.56. The van der Waals surface area contributed by atoms with Gasteiger partial charge in [0, 0.05) is 0 Å². The zero-order valence-electron chi connectivity index (χ0n) is 8.70. The molecule has 1 aromatic carbocycles. The molecule has 2 rings (SSSR count). The van der Waals surface area contributed by atoms with Crippen molar-refractivity contribution in [3.63, 3.8) is 0 Å². The van der Waals surface area contributed by atoms with Crippen LogP contribution in [-0.2, 0) is 0 Å². The molecule has 0 aliphatic carbocycles. The summed E-state index contributed by atoms with van der Waals surface area (Å²) in [6.45, 7) is 6.24. The molecule has 0 amide bonds. The monoisotopic (exact) mass is 254 g/mol. The Labute approximate surface area is 90.4 Å². The first-order valence-electron chi connectivity index (χ1n) is 4.71. The molecule has 0 aliphatic heterocycles. The molecule has 0 N–H and O–H groups in total. The Kier molecular flexibility index (Phi) is 2.42. The van der Waals surface area contributed by atoms with Crippen molar-refractivity contribution >= 4 is 24.1 Å². The van der Waals surface area contributed by atoms with E-state index in [0.29, 0.717) is 14.5 Å². The van der Waals surface area contributed by atoms with Gasteiger partial charge in [-0.3, -0.25) is 0 Å². The first-order chi connectivity index (χ1) is 6.56. The van der Waals surface area contributed by atoms with Crippen LogP contribution >= 0.6 is 0 Å². The Morgan fingerprint density at radius 2 is 1.93 bits per heavy atom. The van der Waals surface area contributed by atoms with Crippen LogP contribution in [0.2, 0.25) is 0 Å². The summed E-state index contributed by atoms with van der Waals surface area (Å²) < 4.78 is 7.33. The molecule has 14 heavy (non-hydrogen) atoms. The molecule has 2 heteroatoms. The topological polar surface area (TPSA) is 9.23 Å². The van der Waals surface area contributed by atoms with Crippen molar-refractivity contribution in [3.8, 4) is 5.75 Å². The summed E-state index contributed by atoms with van der Waals surface area (Å²) in [5, 5.41) is 1.28. The summed E-state index contributed by atoms with van der Waals surface area (Å²) in [7, 11) is 0. The molecular weight excluding hydrogens is 239 g/mol. The molecule has 0 unspecified atom stereocenters. The molecule has 2 aromatic rings. The van der Waals surface area contributed by atoms with E-state index in [1.807, 2.05) is 0 Å². The summed E-state index contributed by atoms with van der Waals surface area (Å²) in [6.07, 6.45) is 0. The van der Waals surface area contributed by atoms with Crippen molar-refractivity contribution in [2.24, 2.45) is 0 Å². The zero-order chi connectivity index (χ0) is 10.2. The second-order valence-electron chi connectivity index (χ2n) is 4.30. The number of hydrogen-bond donors (Lipinski definition) is 0. The predicted molar refractivity (Wildman–Crippen MR) is 61.3 cm³/mol. The van der Waals surface area contributed by atoms with Gasteiger partial charge in [0.05, 0.1) is 0 Å². The molecule has 0 saturated heterocycles. The van der Waals surface area contributed by atoms with E-state index >= 15 is 0 Å². The van der Waals surface area contributed by atoms with Gasteiger partial charge in [0.2, 0.25) is 0 Å². The fourth-order valence-electron chi connectivity index (χ4n) is 1.39. The Morgan fingerprint density at radius 3 is 2.64 bits per heavy atom. The molecule has 0 saturated carbocycles. The third-order valence-corrected chi connectivity index (χ3v) is 3.72. The van der Waals surface area contributed by atoms with E-state index in [1.54, 1.807) is 0 Å². The van der Waals surface area contributed by atoms with E-state index in [2.05, 4.69) is 50.0 Å². The number of rotatable bonds is 1. The number of ether oxygens (including phenoxy) is 1. The molecule has 0 atom stereocenters. The van der Waals surface area contributed by atoms with Crippen LogP contribution in [0, 0.1) is 0 Å². The molecule has 0 aliphatic rings. The predicted octanol–water partition coefficient (Wildman–Crippen LogP) is 3.07. The third kappa shape index (κ3) is 2.02. The first kappa shape index (κ1) is 9.82. The van der Waals surface area contributed by atoms with Crippen molar-refractivity contribution in [2.75, 3.05) is 0 Å². The van der Waals surface area contributed by atoms with E-state index in [-0.39, 0.29) is 5.60 Å². The molecule has 1 nitrogen and oxygen atoms in total. The third-order valence-electron chi connectivity index (χ3n) is 1.87. The Morgan fingerprint density at radius 1 is 1.14 bits per heavy atom. The Bertz CT molecular complexity index is 437. The molecule has 0 spiro atoms. The fraction of sp³-hybridized carbons (Fsp3) is 0.333. The van der Waals surface area contributed by atoms with E-state index < -0.39 is 0 Å². The van der Waals surface area contributed by atoms with Crippen molar-refractivity contribution in [1.29, 1.82) is 0 Å². The zero-order valence-corrected chi connectivity index (χ0v) is 10.4. The maximum absolute atomic E-state index is 5.90. The molecular formula is C12H14OSe. The molecule has 74 valence electrons. The van der Waals surface area contributed by atoms with Gasteiger partial charge in [0.1, 0.15) is 0 Å². The average molecular weight is 253 g/mol. The molecule has 1 aromatic heterocycles. The Hall–Kier alpha value is -0.721. The molecule has 0 radical (unpaired) electrons. The van der Waals surface area contributed by atoms with E-state index in [1.165, 1.54) is 9.65 Å². The van der Waals surface area contributed by atoms with Gasteiger partial charge < -0.3 is 0 Å². The average Bonchev–Trinajstić information content (AvgIpc) is 2.49. The number of fused-ring (bicyclic) bond motifs is 1. The summed E-state index contributed by atoms with van der Waals surface area (Å²) in [4.78, 5) is 2.24. The maximum atomic E-state index is 5.90. The van der Waals surface area contributed by atoms with Gasteiger partial charge in [0.25, 0.3) is 0 Å². The van der Waals surface area contributed by atoms with Gasteiger partial charge in [-0.15, -0.1) is 0 Å². The summed E-state index contributed by atoms with van der Waals surface area (Å²) >= 11 is 0.507. The van der Waals surface area contributed by atoms with E-state index in [0.717, 1.165) is 5.75 Å². The summed E-state index contributed by atoms with van der Waals surface area (Å²) in [5.41, 5.74) is -0.113. The fourth-order valence-corrected chi connectivity index (χ4v) is 3.07. The van der Waals surface area contributed by atoms with Crippen molar-refractivity contribution in [1.82, 2.24) is 0 Å². The van der Waals surface area contributed by atoms with E-state index in [9.17, 15) is 0 Å². The quantitative estimate of drug-likeness (QED) is 0.710. The SMILES string of the molecule is CC(C)(C)Oc1cccc2[se]ccc12. The van der Waals surface area contributed by atoms with Crippen LogP contribution in [0.1, 0.15) is 20.8 Å². The van der Waals surface area contributed by atoms with Crippen molar-refractivity contribution < 1.29 is 4.74 Å². The standard InChI is InChI=1S/C12H14OSe/c1-12(2,3)13-10-5-4-6-11-9(10)7-8-14-11/h4-8H,1-3H3. The summed E-state index contributed by atoms with van der Waals surface area (Å²) in [6, 6.07) is 8.49. The number of hydrogen-bond acceptors (Lipinski definition) is 1. The van der Waals surface area contributed by atoms with Crippen molar-refractivity contribution in [3.05, 3.63) is 29.2 Å².